The van der Waals surface area contributed by atoms with E-state index in [2.05, 4.69) is 14.8 Å². The predicted octanol–water partition coefficient (Wildman–Crippen LogP) is 1.85. The quantitative estimate of drug-likeness (QED) is 0.850. The largest absolute Gasteiger partial charge is 0.357 e. The number of rotatable bonds is 4. The summed E-state index contributed by atoms with van der Waals surface area (Å²) in [6.45, 7) is 7.13. The molecule has 0 N–H and O–H groups in total. The molecule has 3 aliphatic rings. The molecule has 2 aliphatic heterocycles. The van der Waals surface area contributed by atoms with Crippen molar-refractivity contribution in [1.82, 2.24) is 14.8 Å². The number of hydrogen-bond donors (Lipinski definition) is 0. The van der Waals surface area contributed by atoms with Crippen molar-refractivity contribution in [3.8, 4) is 0 Å². The van der Waals surface area contributed by atoms with E-state index in [0.29, 0.717) is 0 Å². The molecule has 0 radical (unpaired) electrons. The third-order valence-electron chi connectivity index (χ3n) is 5.30. The second-order valence-electron chi connectivity index (χ2n) is 7.14. The van der Waals surface area contributed by atoms with Gasteiger partial charge in [-0.05, 0) is 43.7 Å². The molecule has 0 atom stereocenters. The molecule has 0 bridgehead atoms. The molecule has 2 saturated heterocycles. The van der Waals surface area contributed by atoms with E-state index in [0.717, 1.165) is 56.6 Å². The molecule has 0 aromatic carbocycles. The molecule has 0 unspecified atom stereocenters. The third kappa shape index (κ3) is 3.50. The highest BCUT2D eigenvalue weighted by atomic mass is 16.2. The first-order valence-corrected chi connectivity index (χ1v) is 9.02. The number of carbonyl (C=O) groups excluding carboxylic acids is 1. The molecular weight excluding hydrogens is 288 g/mol. The van der Waals surface area contributed by atoms with Crippen LogP contribution in [0.15, 0.2) is 18.3 Å². The maximum absolute atomic E-state index is 12.6. The van der Waals surface area contributed by atoms with Gasteiger partial charge in [0.05, 0.1) is 5.56 Å². The SMILES string of the molecule is O=C(c1ccc(N2CCCC2)nc1)N1CCN(CC2CC2)CC1. The maximum Gasteiger partial charge on any atom is 0.255 e. The van der Waals surface area contributed by atoms with Gasteiger partial charge in [0.1, 0.15) is 5.82 Å². The standard InChI is InChI=1S/C18H26N4O/c23-18(22-11-9-20(10-12-22)14-15-3-4-15)16-5-6-17(19-13-16)21-7-1-2-8-21/h5-6,13,15H,1-4,7-12,14H2. The van der Waals surface area contributed by atoms with Crippen molar-refractivity contribution >= 4 is 11.7 Å². The molecule has 5 heteroatoms. The van der Waals surface area contributed by atoms with E-state index in [4.69, 9.17) is 0 Å². The minimum absolute atomic E-state index is 0.136. The highest BCUT2D eigenvalue weighted by molar-refractivity contribution is 5.94. The Balaban J connectivity index is 1.33. The number of anilines is 1. The second kappa shape index (κ2) is 6.48. The molecule has 1 aliphatic carbocycles. The Labute approximate surface area is 138 Å². The molecule has 1 aromatic rings. The number of hydrogen-bond acceptors (Lipinski definition) is 4. The smallest absolute Gasteiger partial charge is 0.255 e. The Morgan fingerprint density at radius 1 is 1.04 bits per heavy atom. The van der Waals surface area contributed by atoms with Crippen LogP contribution < -0.4 is 4.90 Å². The molecule has 124 valence electrons. The summed E-state index contributed by atoms with van der Waals surface area (Å²) in [5.74, 6) is 2.07. The lowest BCUT2D eigenvalue weighted by Gasteiger charge is -2.34. The summed E-state index contributed by atoms with van der Waals surface area (Å²) in [6, 6.07) is 3.95. The summed E-state index contributed by atoms with van der Waals surface area (Å²) in [5.41, 5.74) is 0.726. The molecular formula is C18H26N4O. The normalized spacial score (nSPS) is 22.6. The monoisotopic (exact) mass is 314 g/mol. The van der Waals surface area contributed by atoms with Gasteiger partial charge in [-0.1, -0.05) is 0 Å². The van der Waals surface area contributed by atoms with Crippen molar-refractivity contribution in [3.63, 3.8) is 0 Å². The van der Waals surface area contributed by atoms with Gasteiger partial charge in [0, 0.05) is 52.0 Å². The third-order valence-corrected chi connectivity index (χ3v) is 5.30. The topological polar surface area (TPSA) is 39.7 Å². The van der Waals surface area contributed by atoms with Crippen LogP contribution in [0.3, 0.4) is 0 Å². The number of carbonyl (C=O) groups is 1. The van der Waals surface area contributed by atoms with Gasteiger partial charge in [-0.25, -0.2) is 4.98 Å². The van der Waals surface area contributed by atoms with Gasteiger partial charge < -0.3 is 9.80 Å². The Morgan fingerprint density at radius 3 is 2.39 bits per heavy atom. The van der Waals surface area contributed by atoms with Crippen molar-refractivity contribution in [2.45, 2.75) is 25.7 Å². The van der Waals surface area contributed by atoms with Crippen molar-refractivity contribution in [1.29, 1.82) is 0 Å². The molecule has 1 saturated carbocycles. The summed E-state index contributed by atoms with van der Waals surface area (Å²) in [7, 11) is 0. The number of pyridine rings is 1. The van der Waals surface area contributed by atoms with E-state index < -0.39 is 0 Å². The summed E-state index contributed by atoms with van der Waals surface area (Å²) < 4.78 is 0. The first-order valence-electron chi connectivity index (χ1n) is 9.02. The number of aromatic nitrogens is 1. The van der Waals surface area contributed by atoms with E-state index >= 15 is 0 Å². The number of piperazine rings is 1. The molecule has 3 fully saturated rings. The molecule has 0 spiro atoms. The van der Waals surface area contributed by atoms with Gasteiger partial charge in [-0.3, -0.25) is 9.69 Å². The van der Waals surface area contributed by atoms with E-state index in [-0.39, 0.29) is 5.91 Å². The van der Waals surface area contributed by atoms with Crippen LogP contribution in [0.25, 0.3) is 0 Å². The van der Waals surface area contributed by atoms with Crippen LogP contribution in [0, 0.1) is 5.92 Å². The van der Waals surface area contributed by atoms with Gasteiger partial charge in [0.25, 0.3) is 5.91 Å². The van der Waals surface area contributed by atoms with Crippen LogP contribution in [0.1, 0.15) is 36.0 Å². The van der Waals surface area contributed by atoms with E-state index in [9.17, 15) is 4.79 Å². The van der Waals surface area contributed by atoms with Crippen molar-refractivity contribution in [2.75, 3.05) is 50.7 Å². The van der Waals surface area contributed by atoms with Gasteiger partial charge in [0.2, 0.25) is 0 Å². The molecule has 4 rings (SSSR count). The van der Waals surface area contributed by atoms with Crippen LogP contribution in [0.2, 0.25) is 0 Å². The van der Waals surface area contributed by atoms with Gasteiger partial charge >= 0.3 is 0 Å². The minimum atomic E-state index is 0.136. The summed E-state index contributed by atoms with van der Waals surface area (Å²) in [6.07, 6.45) is 7.04. The molecule has 1 amide bonds. The molecule has 5 nitrogen and oxygen atoms in total. The van der Waals surface area contributed by atoms with E-state index in [1.165, 1.54) is 32.2 Å². The lowest BCUT2D eigenvalue weighted by Crippen LogP contribution is -2.49. The average molecular weight is 314 g/mol. The number of nitrogens with zero attached hydrogens (tertiary/aromatic N) is 4. The molecule has 1 aromatic heterocycles. The fourth-order valence-corrected chi connectivity index (χ4v) is 3.63. The Kier molecular flexibility index (Phi) is 4.21. The highest BCUT2D eigenvalue weighted by Crippen LogP contribution is 2.30. The molecule has 23 heavy (non-hydrogen) atoms. The Hall–Kier alpha value is -1.62. The van der Waals surface area contributed by atoms with Crippen molar-refractivity contribution in [2.24, 2.45) is 5.92 Å². The lowest BCUT2D eigenvalue weighted by atomic mass is 10.2. The zero-order valence-electron chi connectivity index (χ0n) is 13.8. The van der Waals surface area contributed by atoms with Crippen molar-refractivity contribution in [3.05, 3.63) is 23.9 Å². The van der Waals surface area contributed by atoms with Crippen LogP contribution in [-0.4, -0.2) is 66.5 Å². The predicted molar refractivity (Wildman–Crippen MR) is 90.8 cm³/mol. The first kappa shape index (κ1) is 14.9. The van der Waals surface area contributed by atoms with Gasteiger partial charge in [0.15, 0.2) is 0 Å². The summed E-state index contributed by atoms with van der Waals surface area (Å²) in [5, 5.41) is 0. The summed E-state index contributed by atoms with van der Waals surface area (Å²) >= 11 is 0. The molecule has 3 heterocycles. The maximum atomic E-state index is 12.6. The Morgan fingerprint density at radius 2 is 1.78 bits per heavy atom. The van der Waals surface area contributed by atoms with Crippen LogP contribution >= 0.6 is 0 Å². The van der Waals surface area contributed by atoms with Crippen LogP contribution in [-0.2, 0) is 0 Å². The summed E-state index contributed by atoms with van der Waals surface area (Å²) in [4.78, 5) is 23.9. The van der Waals surface area contributed by atoms with Crippen molar-refractivity contribution < 1.29 is 4.79 Å². The Bertz CT molecular complexity index is 541. The van der Waals surface area contributed by atoms with Gasteiger partial charge in [-0.2, -0.15) is 0 Å². The fourth-order valence-electron chi connectivity index (χ4n) is 3.63. The fraction of sp³-hybridized carbons (Fsp3) is 0.667. The zero-order valence-corrected chi connectivity index (χ0v) is 13.8. The minimum Gasteiger partial charge on any atom is -0.357 e. The van der Waals surface area contributed by atoms with Crippen LogP contribution in [0.5, 0.6) is 0 Å². The van der Waals surface area contributed by atoms with Crippen LogP contribution in [0.4, 0.5) is 5.82 Å². The average Bonchev–Trinajstić information content (AvgIpc) is 3.24. The lowest BCUT2D eigenvalue weighted by molar-refractivity contribution is 0.0631. The first-order chi connectivity index (χ1) is 11.3. The van der Waals surface area contributed by atoms with E-state index in [1.54, 1.807) is 6.20 Å². The zero-order chi connectivity index (χ0) is 15.6. The van der Waals surface area contributed by atoms with E-state index in [1.807, 2.05) is 17.0 Å². The second-order valence-corrected chi connectivity index (χ2v) is 7.14. The highest BCUT2D eigenvalue weighted by Gasteiger charge is 2.28. The number of amides is 1. The van der Waals surface area contributed by atoms with Gasteiger partial charge in [-0.15, -0.1) is 0 Å².